The van der Waals surface area contributed by atoms with Crippen molar-refractivity contribution in [2.45, 2.75) is 33.4 Å². The summed E-state index contributed by atoms with van der Waals surface area (Å²) in [6.45, 7) is 7.49. The second-order valence-corrected chi connectivity index (χ2v) is 7.18. The molecule has 0 aromatic carbocycles. The molecule has 0 saturated heterocycles. The van der Waals surface area contributed by atoms with E-state index in [2.05, 4.69) is 25.6 Å². The molecule has 2 aromatic heterocycles. The number of rotatable bonds is 8. The van der Waals surface area contributed by atoms with Crippen molar-refractivity contribution in [3.05, 3.63) is 39.5 Å². The van der Waals surface area contributed by atoms with Crippen LogP contribution in [0.5, 0.6) is 5.88 Å². The Morgan fingerprint density at radius 1 is 1.28 bits per heavy atom. The number of aryl methyl sites for hydroxylation is 2. The van der Waals surface area contributed by atoms with Gasteiger partial charge in [0.05, 0.1) is 17.2 Å². The minimum Gasteiger partial charge on any atom is -0.475 e. The highest BCUT2D eigenvalue weighted by Crippen LogP contribution is 2.34. The standard InChI is InChI=1S/C18H24F3N5OS.HI/c1-4-22-17(24-9-7-15-26-12(2)13(3)28-15)25-10-11-27-16-14(18(19,20)21)6-5-8-23-16;/h5-6,8H,4,7,9-11H2,1-3H3,(H2,22,24,25);1H. The quantitative estimate of drug-likeness (QED) is 0.228. The van der Waals surface area contributed by atoms with Crippen LogP contribution < -0.4 is 15.4 Å². The van der Waals surface area contributed by atoms with Crippen LogP contribution in [0.3, 0.4) is 0 Å². The van der Waals surface area contributed by atoms with Crippen LogP contribution in [0.1, 0.15) is 28.1 Å². The lowest BCUT2D eigenvalue weighted by molar-refractivity contribution is -0.139. The number of hydrogen-bond donors (Lipinski definition) is 2. The summed E-state index contributed by atoms with van der Waals surface area (Å²) in [6.07, 6.45) is -2.50. The number of alkyl halides is 3. The maximum atomic E-state index is 12.9. The topological polar surface area (TPSA) is 71.4 Å². The smallest absolute Gasteiger partial charge is 0.421 e. The van der Waals surface area contributed by atoms with Gasteiger partial charge in [-0.3, -0.25) is 4.99 Å². The SMILES string of the molecule is CCNC(=NCCc1nc(C)c(C)s1)NCCOc1ncccc1C(F)(F)F.I. The monoisotopic (exact) mass is 543 g/mol. The molecule has 2 N–H and O–H groups in total. The molecule has 0 aliphatic carbocycles. The summed E-state index contributed by atoms with van der Waals surface area (Å²) in [6, 6.07) is 2.18. The maximum Gasteiger partial charge on any atom is 0.421 e. The van der Waals surface area contributed by atoms with Gasteiger partial charge in [-0.25, -0.2) is 9.97 Å². The van der Waals surface area contributed by atoms with Gasteiger partial charge in [0.15, 0.2) is 5.96 Å². The van der Waals surface area contributed by atoms with E-state index in [1.165, 1.54) is 17.1 Å². The fourth-order valence-corrected chi connectivity index (χ4v) is 3.21. The van der Waals surface area contributed by atoms with Gasteiger partial charge >= 0.3 is 6.18 Å². The number of nitrogens with zero attached hydrogens (tertiary/aromatic N) is 3. The molecule has 0 unspecified atom stereocenters. The second-order valence-electron chi connectivity index (χ2n) is 5.89. The van der Waals surface area contributed by atoms with Gasteiger partial charge in [0.1, 0.15) is 12.2 Å². The Balaban J connectivity index is 0.00000420. The van der Waals surface area contributed by atoms with E-state index in [0.717, 1.165) is 23.2 Å². The molecule has 162 valence electrons. The Morgan fingerprint density at radius 3 is 2.66 bits per heavy atom. The van der Waals surface area contributed by atoms with Crippen LogP contribution >= 0.6 is 35.3 Å². The van der Waals surface area contributed by atoms with Crippen LogP contribution in [0.4, 0.5) is 13.2 Å². The van der Waals surface area contributed by atoms with Gasteiger partial charge in [-0.15, -0.1) is 35.3 Å². The van der Waals surface area contributed by atoms with Crippen LogP contribution in [-0.4, -0.2) is 42.2 Å². The third-order valence-corrected chi connectivity index (χ3v) is 4.86. The van der Waals surface area contributed by atoms with Crippen molar-refractivity contribution >= 4 is 41.3 Å². The van der Waals surface area contributed by atoms with Gasteiger partial charge in [-0.1, -0.05) is 0 Å². The van der Waals surface area contributed by atoms with E-state index < -0.39 is 17.6 Å². The maximum absolute atomic E-state index is 12.9. The molecule has 0 aliphatic rings. The summed E-state index contributed by atoms with van der Waals surface area (Å²) >= 11 is 1.66. The highest BCUT2D eigenvalue weighted by atomic mass is 127. The van der Waals surface area contributed by atoms with Crippen molar-refractivity contribution in [1.82, 2.24) is 20.6 Å². The van der Waals surface area contributed by atoms with Crippen molar-refractivity contribution in [3.8, 4) is 5.88 Å². The van der Waals surface area contributed by atoms with E-state index in [1.807, 2.05) is 20.8 Å². The van der Waals surface area contributed by atoms with Crippen LogP contribution in [0, 0.1) is 13.8 Å². The molecule has 0 spiro atoms. The minimum atomic E-state index is -4.50. The predicted molar refractivity (Wildman–Crippen MR) is 119 cm³/mol. The molecule has 0 aliphatic heterocycles. The zero-order valence-corrected chi connectivity index (χ0v) is 19.6. The van der Waals surface area contributed by atoms with Crippen LogP contribution in [-0.2, 0) is 12.6 Å². The molecule has 29 heavy (non-hydrogen) atoms. The average molecular weight is 543 g/mol. The van der Waals surface area contributed by atoms with Crippen molar-refractivity contribution in [2.24, 2.45) is 4.99 Å². The molecule has 11 heteroatoms. The molecule has 2 rings (SSSR count). The Labute approximate surface area is 189 Å². The number of halogens is 4. The summed E-state index contributed by atoms with van der Waals surface area (Å²) in [4.78, 5) is 13.8. The third kappa shape index (κ3) is 8.33. The lowest BCUT2D eigenvalue weighted by Gasteiger charge is -2.14. The highest BCUT2D eigenvalue weighted by molar-refractivity contribution is 14.0. The molecule has 2 aromatic rings. The first-order valence-electron chi connectivity index (χ1n) is 8.91. The normalized spacial score (nSPS) is 11.7. The van der Waals surface area contributed by atoms with E-state index >= 15 is 0 Å². The predicted octanol–water partition coefficient (Wildman–Crippen LogP) is 3.97. The largest absolute Gasteiger partial charge is 0.475 e. The molecule has 0 amide bonds. The zero-order chi connectivity index (χ0) is 20.6. The van der Waals surface area contributed by atoms with Gasteiger partial charge in [0, 0.05) is 30.6 Å². The number of hydrogen-bond acceptors (Lipinski definition) is 5. The number of guanidine groups is 1. The zero-order valence-electron chi connectivity index (χ0n) is 16.5. The first-order chi connectivity index (χ1) is 13.3. The van der Waals surface area contributed by atoms with E-state index in [1.54, 1.807) is 11.3 Å². The minimum absolute atomic E-state index is 0. The summed E-state index contributed by atoms with van der Waals surface area (Å²) in [7, 11) is 0. The number of aliphatic imine (C=N–C) groups is 1. The van der Waals surface area contributed by atoms with Gasteiger partial charge < -0.3 is 15.4 Å². The molecular weight excluding hydrogens is 518 g/mol. The van der Waals surface area contributed by atoms with Gasteiger partial charge in [-0.2, -0.15) is 13.2 Å². The van der Waals surface area contributed by atoms with Crippen molar-refractivity contribution in [1.29, 1.82) is 0 Å². The van der Waals surface area contributed by atoms with Crippen LogP contribution in [0.2, 0.25) is 0 Å². The summed E-state index contributed by atoms with van der Waals surface area (Å²) in [5.41, 5.74) is 0.156. The van der Waals surface area contributed by atoms with Crippen molar-refractivity contribution < 1.29 is 17.9 Å². The third-order valence-electron chi connectivity index (χ3n) is 3.72. The van der Waals surface area contributed by atoms with Gasteiger partial charge in [0.25, 0.3) is 0 Å². The van der Waals surface area contributed by atoms with E-state index in [0.29, 0.717) is 19.0 Å². The summed E-state index contributed by atoms with van der Waals surface area (Å²) in [5, 5.41) is 7.17. The number of pyridine rings is 1. The average Bonchev–Trinajstić information content (AvgIpc) is 2.96. The molecule has 0 radical (unpaired) electrons. The first-order valence-corrected chi connectivity index (χ1v) is 9.73. The summed E-state index contributed by atoms with van der Waals surface area (Å²) < 4.78 is 44.0. The number of aromatic nitrogens is 2. The molecule has 0 fully saturated rings. The van der Waals surface area contributed by atoms with Crippen LogP contribution in [0.25, 0.3) is 0 Å². The van der Waals surface area contributed by atoms with Crippen molar-refractivity contribution in [3.63, 3.8) is 0 Å². The summed E-state index contributed by atoms with van der Waals surface area (Å²) in [5.74, 6) is 0.154. The fourth-order valence-electron chi connectivity index (χ4n) is 2.29. The van der Waals surface area contributed by atoms with E-state index in [9.17, 15) is 13.2 Å². The molecular formula is C18H25F3IN5OS. The molecule has 6 nitrogen and oxygen atoms in total. The Hall–Kier alpha value is -1.63. The Kier molecular flexibility index (Phi) is 10.6. The first kappa shape index (κ1) is 25.4. The van der Waals surface area contributed by atoms with Crippen molar-refractivity contribution in [2.75, 3.05) is 26.2 Å². The Bertz CT molecular complexity index is 779. The Morgan fingerprint density at radius 2 is 2.03 bits per heavy atom. The van der Waals surface area contributed by atoms with E-state index in [-0.39, 0.29) is 37.1 Å². The van der Waals surface area contributed by atoms with Gasteiger partial charge in [-0.05, 0) is 32.9 Å². The van der Waals surface area contributed by atoms with Gasteiger partial charge in [0.2, 0.25) is 5.88 Å². The molecule has 0 saturated carbocycles. The lowest BCUT2D eigenvalue weighted by Crippen LogP contribution is -2.39. The number of ether oxygens (including phenoxy) is 1. The fraction of sp³-hybridized carbons (Fsp3) is 0.500. The lowest BCUT2D eigenvalue weighted by atomic mass is 10.2. The van der Waals surface area contributed by atoms with Crippen LogP contribution in [0.15, 0.2) is 23.3 Å². The number of nitrogens with one attached hydrogen (secondary N) is 2. The molecule has 0 bridgehead atoms. The number of thiazole rings is 1. The molecule has 0 atom stereocenters. The van der Waals surface area contributed by atoms with E-state index in [4.69, 9.17) is 4.74 Å². The molecule has 2 heterocycles. The highest BCUT2D eigenvalue weighted by Gasteiger charge is 2.34. The second kappa shape index (κ2) is 12.2.